The van der Waals surface area contributed by atoms with E-state index in [1.807, 2.05) is 0 Å². The fraction of sp³-hybridized carbons (Fsp3) is 0.222. The topological polar surface area (TPSA) is 14.2 Å². The second-order valence-electron chi connectivity index (χ2n) is 5.19. The van der Waals surface area contributed by atoms with Crippen LogP contribution in [0.15, 0.2) is 54.7 Å². The fourth-order valence-corrected chi connectivity index (χ4v) is 2.45. The van der Waals surface area contributed by atoms with Gasteiger partial charge < -0.3 is 9.30 Å². The Morgan fingerprint density at radius 3 is 2.75 bits per heavy atom. The monoisotopic (exact) mass is 265 g/mol. The molecule has 0 radical (unpaired) electrons. The molecule has 0 spiro atoms. The second kappa shape index (κ2) is 5.41. The Bertz CT molecular complexity index is 727. The highest BCUT2D eigenvalue weighted by Crippen LogP contribution is 2.19. The molecule has 1 aromatic heterocycles. The van der Waals surface area contributed by atoms with Crippen molar-refractivity contribution in [3.63, 3.8) is 0 Å². The Morgan fingerprint density at radius 1 is 1.00 bits per heavy atom. The molecule has 0 atom stereocenters. The van der Waals surface area contributed by atoms with Crippen molar-refractivity contribution in [2.75, 3.05) is 6.61 Å². The molecular weight excluding hydrogens is 246 g/mol. The number of aromatic nitrogens is 1. The van der Waals surface area contributed by atoms with Crippen LogP contribution in [0.25, 0.3) is 10.9 Å². The molecule has 0 aliphatic carbocycles. The number of benzene rings is 2. The Hall–Kier alpha value is -2.22. The van der Waals surface area contributed by atoms with Crippen molar-refractivity contribution in [2.45, 2.75) is 20.4 Å². The summed E-state index contributed by atoms with van der Waals surface area (Å²) in [5, 5.41) is 1.28. The third-order valence-electron chi connectivity index (χ3n) is 3.61. The number of ether oxygens (including phenoxy) is 1. The number of rotatable bonds is 4. The Labute approximate surface area is 119 Å². The van der Waals surface area contributed by atoms with E-state index in [1.54, 1.807) is 0 Å². The van der Waals surface area contributed by atoms with Gasteiger partial charge in [0.15, 0.2) is 0 Å². The highest BCUT2D eigenvalue weighted by molar-refractivity contribution is 5.79. The molecule has 0 fully saturated rings. The van der Waals surface area contributed by atoms with Crippen molar-refractivity contribution >= 4 is 10.9 Å². The molecule has 3 rings (SSSR count). The zero-order valence-corrected chi connectivity index (χ0v) is 12.0. The van der Waals surface area contributed by atoms with Crippen LogP contribution >= 0.6 is 0 Å². The number of nitrogens with zero attached hydrogens (tertiary/aromatic N) is 1. The molecule has 0 saturated heterocycles. The van der Waals surface area contributed by atoms with Crippen molar-refractivity contribution in [3.8, 4) is 5.75 Å². The van der Waals surface area contributed by atoms with Crippen molar-refractivity contribution in [1.82, 2.24) is 4.57 Å². The third-order valence-corrected chi connectivity index (χ3v) is 3.61. The zero-order valence-electron chi connectivity index (χ0n) is 12.0. The number of aryl methyl sites for hydroxylation is 2. The van der Waals surface area contributed by atoms with Crippen molar-refractivity contribution in [3.05, 3.63) is 65.9 Å². The number of hydrogen-bond acceptors (Lipinski definition) is 1. The molecule has 3 aromatic rings. The minimum Gasteiger partial charge on any atom is -0.491 e. The van der Waals surface area contributed by atoms with Crippen LogP contribution < -0.4 is 4.74 Å². The van der Waals surface area contributed by atoms with Crippen LogP contribution in [0.5, 0.6) is 5.75 Å². The summed E-state index contributed by atoms with van der Waals surface area (Å²) in [4.78, 5) is 0. The van der Waals surface area contributed by atoms with Crippen LogP contribution in [0, 0.1) is 13.8 Å². The lowest BCUT2D eigenvalue weighted by Gasteiger charge is -2.11. The van der Waals surface area contributed by atoms with E-state index in [0.29, 0.717) is 6.61 Å². The normalized spacial score (nSPS) is 10.9. The smallest absolute Gasteiger partial charge is 0.122 e. The van der Waals surface area contributed by atoms with Gasteiger partial charge in [-0.25, -0.2) is 0 Å². The van der Waals surface area contributed by atoms with E-state index in [-0.39, 0.29) is 0 Å². The van der Waals surface area contributed by atoms with Gasteiger partial charge in [-0.15, -0.1) is 0 Å². The Morgan fingerprint density at radius 2 is 1.85 bits per heavy atom. The van der Waals surface area contributed by atoms with Crippen LogP contribution in [0.3, 0.4) is 0 Å². The van der Waals surface area contributed by atoms with Gasteiger partial charge in [0.05, 0.1) is 6.54 Å². The lowest BCUT2D eigenvalue weighted by molar-refractivity contribution is 0.298. The summed E-state index contributed by atoms with van der Waals surface area (Å²) >= 11 is 0. The quantitative estimate of drug-likeness (QED) is 0.684. The molecule has 0 aliphatic heterocycles. The molecule has 20 heavy (non-hydrogen) atoms. The van der Waals surface area contributed by atoms with E-state index in [0.717, 1.165) is 12.3 Å². The molecule has 0 N–H and O–H groups in total. The Balaban J connectivity index is 1.69. The van der Waals surface area contributed by atoms with Gasteiger partial charge in [-0.05, 0) is 48.6 Å². The van der Waals surface area contributed by atoms with Crippen LogP contribution in [-0.4, -0.2) is 11.2 Å². The van der Waals surface area contributed by atoms with E-state index in [4.69, 9.17) is 4.74 Å². The van der Waals surface area contributed by atoms with Gasteiger partial charge in [-0.1, -0.05) is 30.3 Å². The molecule has 0 unspecified atom stereocenters. The molecular formula is C18H19NO. The largest absolute Gasteiger partial charge is 0.491 e. The molecule has 102 valence electrons. The highest BCUT2D eigenvalue weighted by Gasteiger charge is 2.02. The maximum atomic E-state index is 5.92. The van der Waals surface area contributed by atoms with Gasteiger partial charge in [0, 0.05) is 11.7 Å². The summed E-state index contributed by atoms with van der Waals surface area (Å²) < 4.78 is 8.16. The van der Waals surface area contributed by atoms with Crippen LogP contribution in [0.1, 0.15) is 11.1 Å². The fourth-order valence-electron chi connectivity index (χ4n) is 2.45. The molecule has 0 amide bonds. The summed E-state index contributed by atoms with van der Waals surface area (Å²) in [6.07, 6.45) is 2.12. The lowest BCUT2D eigenvalue weighted by Crippen LogP contribution is -2.07. The maximum absolute atomic E-state index is 5.92. The third kappa shape index (κ3) is 2.55. The van der Waals surface area contributed by atoms with E-state index < -0.39 is 0 Å². The van der Waals surface area contributed by atoms with Gasteiger partial charge in [0.2, 0.25) is 0 Å². The maximum Gasteiger partial charge on any atom is 0.122 e. The van der Waals surface area contributed by atoms with E-state index in [2.05, 4.69) is 73.1 Å². The molecule has 0 aliphatic rings. The average Bonchev–Trinajstić information content (AvgIpc) is 2.86. The summed E-state index contributed by atoms with van der Waals surface area (Å²) in [5.41, 5.74) is 3.68. The van der Waals surface area contributed by atoms with Crippen molar-refractivity contribution in [1.29, 1.82) is 0 Å². The average molecular weight is 265 g/mol. The molecule has 2 aromatic carbocycles. The highest BCUT2D eigenvalue weighted by atomic mass is 16.5. The second-order valence-corrected chi connectivity index (χ2v) is 5.19. The van der Waals surface area contributed by atoms with Gasteiger partial charge in [-0.3, -0.25) is 0 Å². The SMILES string of the molecule is Cc1ccc(C)c(OCCn2ccc3ccccc32)c1. The summed E-state index contributed by atoms with van der Waals surface area (Å²) in [7, 11) is 0. The van der Waals surface area contributed by atoms with Crippen molar-refractivity contribution in [2.24, 2.45) is 0 Å². The van der Waals surface area contributed by atoms with Crippen molar-refractivity contribution < 1.29 is 4.74 Å². The number of fused-ring (bicyclic) bond motifs is 1. The Kier molecular flexibility index (Phi) is 3.46. The van der Waals surface area contributed by atoms with E-state index >= 15 is 0 Å². The predicted octanol–water partition coefficient (Wildman–Crippen LogP) is 4.34. The number of para-hydroxylation sites is 1. The first-order valence-corrected chi connectivity index (χ1v) is 6.98. The molecule has 2 heteroatoms. The molecule has 0 saturated carbocycles. The minimum absolute atomic E-state index is 0.683. The summed E-state index contributed by atoms with van der Waals surface area (Å²) in [6.45, 7) is 5.72. The number of hydrogen-bond donors (Lipinski definition) is 0. The van der Waals surface area contributed by atoms with Gasteiger partial charge in [0.1, 0.15) is 12.4 Å². The van der Waals surface area contributed by atoms with E-state index in [1.165, 1.54) is 22.0 Å². The predicted molar refractivity (Wildman–Crippen MR) is 83.3 cm³/mol. The molecule has 1 heterocycles. The standard InChI is InChI=1S/C18H19NO/c1-14-7-8-15(2)18(13-14)20-12-11-19-10-9-16-5-3-4-6-17(16)19/h3-10,13H,11-12H2,1-2H3. The lowest BCUT2D eigenvalue weighted by atomic mass is 10.1. The first-order chi connectivity index (χ1) is 9.74. The van der Waals surface area contributed by atoms with Crippen LogP contribution in [0.2, 0.25) is 0 Å². The minimum atomic E-state index is 0.683. The van der Waals surface area contributed by atoms with Gasteiger partial charge >= 0.3 is 0 Å². The summed E-state index contributed by atoms with van der Waals surface area (Å²) in [6, 6.07) is 16.9. The first-order valence-electron chi connectivity index (χ1n) is 6.98. The van der Waals surface area contributed by atoms with Gasteiger partial charge in [0.25, 0.3) is 0 Å². The van der Waals surface area contributed by atoms with Gasteiger partial charge in [-0.2, -0.15) is 0 Å². The van der Waals surface area contributed by atoms with Crippen LogP contribution in [0.4, 0.5) is 0 Å². The molecule has 0 bridgehead atoms. The van der Waals surface area contributed by atoms with E-state index in [9.17, 15) is 0 Å². The molecule has 2 nitrogen and oxygen atoms in total. The first kappa shape index (κ1) is 12.8. The van der Waals surface area contributed by atoms with Crippen LogP contribution in [-0.2, 0) is 6.54 Å². The zero-order chi connectivity index (χ0) is 13.9. The summed E-state index contributed by atoms with van der Waals surface area (Å²) in [5.74, 6) is 0.987.